The third kappa shape index (κ3) is 5.06. The highest BCUT2D eigenvalue weighted by molar-refractivity contribution is 5.92. The summed E-state index contributed by atoms with van der Waals surface area (Å²) in [5.74, 6) is 0.445. The van der Waals surface area contributed by atoms with Crippen LogP contribution in [0.25, 0.3) is 39.8 Å². The van der Waals surface area contributed by atoms with Gasteiger partial charge in [0.2, 0.25) is 0 Å². The van der Waals surface area contributed by atoms with Crippen LogP contribution in [0.3, 0.4) is 0 Å². The number of fused-ring (bicyclic) bond motifs is 1. The van der Waals surface area contributed by atoms with Crippen LogP contribution in [-0.4, -0.2) is 49.2 Å². The van der Waals surface area contributed by atoms with E-state index in [-0.39, 0.29) is 22.8 Å². The highest BCUT2D eigenvalue weighted by Gasteiger charge is 2.15. The number of carboxylic acid groups (broad SMARTS) is 1. The molecule has 0 aliphatic carbocycles. The highest BCUT2D eigenvalue weighted by Crippen LogP contribution is 2.35. The number of H-pyrrole nitrogens is 2. The molecule has 10 nitrogen and oxygen atoms in total. The summed E-state index contributed by atoms with van der Waals surface area (Å²) in [7, 11) is 0. The predicted octanol–water partition coefficient (Wildman–Crippen LogP) is 4.05. The molecule has 0 saturated heterocycles. The Hall–Kier alpha value is -4.47. The molecule has 4 rings (SSSR count). The van der Waals surface area contributed by atoms with Crippen molar-refractivity contribution < 1.29 is 19.4 Å². The summed E-state index contributed by atoms with van der Waals surface area (Å²) < 4.78 is 11.8. The number of aromatic amines is 2. The third-order valence-electron chi connectivity index (χ3n) is 5.15. The van der Waals surface area contributed by atoms with Crippen LogP contribution in [0.15, 0.2) is 46.8 Å². The third-order valence-corrected chi connectivity index (χ3v) is 5.15. The molecule has 0 bridgehead atoms. The van der Waals surface area contributed by atoms with Crippen molar-refractivity contribution in [1.29, 1.82) is 0 Å². The Balaban J connectivity index is 1.81. The number of hydrogen-bond acceptors (Lipinski definition) is 7. The molecule has 35 heavy (non-hydrogen) atoms. The van der Waals surface area contributed by atoms with E-state index < -0.39 is 11.5 Å². The molecule has 2 heterocycles. The van der Waals surface area contributed by atoms with Gasteiger partial charge in [0, 0.05) is 11.1 Å². The molecule has 10 heteroatoms. The molecular weight excluding hydrogens is 450 g/mol. The molecule has 0 aliphatic rings. The van der Waals surface area contributed by atoms with E-state index in [1.807, 2.05) is 57.2 Å². The number of ether oxygens (including phenoxy) is 2. The number of carboxylic acids is 1. The van der Waals surface area contributed by atoms with Gasteiger partial charge in [-0.25, -0.2) is 14.9 Å². The molecule has 0 unspecified atom stereocenters. The fourth-order valence-electron chi connectivity index (χ4n) is 3.56. The average molecular weight is 476 g/mol. The van der Waals surface area contributed by atoms with E-state index in [9.17, 15) is 14.7 Å². The quantitative estimate of drug-likeness (QED) is 0.324. The summed E-state index contributed by atoms with van der Waals surface area (Å²) in [5.41, 5.74) is 3.13. The summed E-state index contributed by atoms with van der Waals surface area (Å²) in [5, 5.41) is 19.3. The summed E-state index contributed by atoms with van der Waals surface area (Å²) in [6.45, 7) is 7.63. The van der Waals surface area contributed by atoms with Gasteiger partial charge >= 0.3 is 5.97 Å². The normalized spacial score (nSPS) is 11.7. The maximum atomic E-state index is 12.4. The summed E-state index contributed by atoms with van der Waals surface area (Å²) in [6, 6.07) is 11.1. The lowest BCUT2D eigenvalue weighted by Crippen LogP contribution is -2.10. The molecule has 3 N–H and O–H groups in total. The lowest BCUT2D eigenvalue weighted by atomic mass is 9.99. The molecule has 0 amide bonds. The van der Waals surface area contributed by atoms with Crippen LogP contribution in [0.4, 0.5) is 0 Å². The van der Waals surface area contributed by atoms with Gasteiger partial charge in [-0.1, -0.05) is 17.3 Å². The van der Waals surface area contributed by atoms with E-state index >= 15 is 0 Å². The molecule has 0 saturated carbocycles. The Morgan fingerprint density at radius 2 is 1.89 bits per heavy atom. The van der Waals surface area contributed by atoms with Gasteiger partial charge in [-0.3, -0.25) is 4.79 Å². The van der Waals surface area contributed by atoms with Gasteiger partial charge in [-0.05, 0) is 69.2 Å². The SMILES string of the molecule is CCOc1cc(-c2ccc(OC(C)C)c(/C=C(\C)C(=O)O)c2)ccc1-c1nc2[nH]nnc2c(=O)[nH]1. The van der Waals surface area contributed by atoms with Crippen LogP contribution in [0.5, 0.6) is 11.5 Å². The molecule has 0 radical (unpaired) electrons. The van der Waals surface area contributed by atoms with E-state index in [4.69, 9.17) is 9.47 Å². The smallest absolute Gasteiger partial charge is 0.331 e. The van der Waals surface area contributed by atoms with Crippen molar-refractivity contribution in [1.82, 2.24) is 25.4 Å². The first-order chi connectivity index (χ1) is 16.8. The topological polar surface area (TPSA) is 143 Å². The van der Waals surface area contributed by atoms with E-state index in [0.717, 1.165) is 11.1 Å². The highest BCUT2D eigenvalue weighted by atomic mass is 16.5. The van der Waals surface area contributed by atoms with E-state index in [1.54, 1.807) is 6.08 Å². The first-order valence-electron chi connectivity index (χ1n) is 11.1. The number of benzene rings is 2. The molecule has 2 aromatic carbocycles. The Morgan fingerprint density at radius 3 is 2.60 bits per heavy atom. The minimum atomic E-state index is -1.00. The van der Waals surface area contributed by atoms with Crippen molar-refractivity contribution >= 4 is 23.2 Å². The number of aromatic nitrogens is 5. The Bertz CT molecular complexity index is 1490. The second kappa shape index (κ2) is 9.80. The van der Waals surface area contributed by atoms with Gasteiger partial charge in [-0.2, -0.15) is 0 Å². The second-order valence-corrected chi connectivity index (χ2v) is 8.12. The average Bonchev–Trinajstić information content (AvgIpc) is 3.29. The molecule has 0 aliphatic heterocycles. The Kier molecular flexibility index (Phi) is 6.63. The standard InChI is InChI=1S/C25H25N5O5/c1-5-34-20-12-16(6-8-18(20)22-26-23-21(24(31)27-22)28-30-29-23)15-7-9-19(35-13(2)3)17(11-15)10-14(4)25(32)33/h6-13H,5H2,1-4H3,(H,32,33)(H2,26,27,28,29,30,31)/b14-10+. The fourth-order valence-corrected chi connectivity index (χ4v) is 3.56. The summed E-state index contributed by atoms with van der Waals surface area (Å²) in [4.78, 5) is 30.9. The predicted molar refractivity (Wildman–Crippen MR) is 131 cm³/mol. The first-order valence-corrected chi connectivity index (χ1v) is 11.1. The molecule has 2 aromatic heterocycles. The zero-order valence-corrected chi connectivity index (χ0v) is 19.7. The number of carbonyl (C=O) groups is 1. The van der Waals surface area contributed by atoms with Crippen LogP contribution in [0.1, 0.15) is 33.3 Å². The lowest BCUT2D eigenvalue weighted by molar-refractivity contribution is -0.132. The zero-order chi connectivity index (χ0) is 25.1. The van der Waals surface area contributed by atoms with E-state index in [1.165, 1.54) is 6.92 Å². The minimum absolute atomic E-state index is 0.0703. The van der Waals surface area contributed by atoms with Gasteiger partial charge in [0.1, 0.15) is 17.3 Å². The van der Waals surface area contributed by atoms with Crippen LogP contribution in [0, 0.1) is 0 Å². The Morgan fingerprint density at radius 1 is 1.14 bits per heavy atom. The van der Waals surface area contributed by atoms with Crippen molar-refractivity contribution in [3.63, 3.8) is 0 Å². The molecule has 0 atom stereocenters. The van der Waals surface area contributed by atoms with Crippen LogP contribution >= 0.6 is 0 Å². The number of aliphatic carboxylic acids is 1. The number of nitrogens with zero attached hydrogens (tertiary/aromatic N) is 3. The van der Waals surface area contributed by atoms with Gasteiger partial charge < -0.3 is 19.6 Å². The lowest BCUT2D eigenvalue weighted by Gasteiger charge is -2.15. The summed E-state index contributed by atoms with van der Waals surface area (Å²) in [6.07, 6.45) is 1.52. The molecular formula is C25H25N5O5. The zero-order valence-electron chi connectivity index (χ0n) is 19.7. The second-order valence-electron chi connectivity index (χ2n) is 8.12. The fraction of sp³-hybridized carbons (Fsp3) is 0.240. The Labute approximate surface area is 200 Å². The van der Waals surface area contributed by atoms with Crippen LogP contribution < -0.4 is 15.0 Å². The van der Waals surface area contributed by atoms with Crippen molar-refractivity contribution in [2.45, 2.75) is 33.8 Å². The van der Waals surface area contributed by atoms with Crippen LogP contribution in [-0.2, 0) is 4.79 Å². The maximum absolute atomic E-state index is 12.4. The van der Waals surface area contributed by atoms with Crippen molar-refractivity contribution in [3.05, 3.63) is 57.9 Å². The van der Waals surface area contributed by atoms with Gasteiger partial charge in [0.05, 0.1) is 18.3 Å². The van der Waals surface area contributed by atoms with Crippen LogP contribution in [0.2, 0.25) is 0 Å². The maximum Gasteiger partial charge on any atom is 0.331 e. The monoisotopic (exact) mass is 475 g/mol. The largest absolute Gasteiger partial charge is 0.493 e. The number of rotatable bonds is 8. The molecule has 0 fully saturated rings. The summed E-state index contributed by atoms with van der Waals surface area (Å²) >= 11 is 0. The van der Waals surface area contributed by atoms with E-state index in [2.05, 4.69) is 25.4 Å². The van der Waals surface area contributed by atoms with Crippen molar-refractivity contribution in [2.75, 3.05) is 6.61 Å². The van der Waals surface area contributed by atoms with Crippen molar-refractivity contribution in [2.24, 2.45) is 0 Å². The molecule has 4 aromatic rings. The number of nitrogens with one attached hydrogen (secondary N) is 2. The minimum Gasteiger partial charge on any atom is -0.493 e. The first kappa shape index (κ1) is 23.7. The molecule has 180 valence electrons. The van der Waals surface area contributed by atoms with Gasteiger partial charge in [-0.15, -0.1) is 5.10 Å². The van der Waals surface area contributed by atoms with E-state index in [0.29, 0.717) is 35.1 Å². The number of hydrogen-bond donors (Lipinski definition) is 3. The van der Waals surface area contributed by atoms with Crippen molar-refractivity contribution in [3.8, 4) is 34.0 Å². The van der Waals surface area contributed by atoms with Gasteiger partial charge in [0.25, 0.3) is 5.56 Å². The molecule has 0 spiro atoms. The van der Waals surface area contributed by atoms with Gasteiger partial charge in [0.15, 0.2) is 11.2 Å².